The molecule has 1 amide bonds. The van der Waals surface area contributed by atoms with Crippen LogP contribution in [0.25, 0.3) is 11.0 Å². The van der Waals surface area contributed by atoms with E-state index >= 15 is 0 Å². The summed E-state index contributed by atoms with van der Waals surface area (Å²) in [5.41, 5.74) is 3.51. The van der Waals surface area contributed by atoms with Crippen LogP contribution < -0.4 is 19.6 Å². The third kappa shape index (κ3) is 6.17. The quantitative estimate of drug-likeness (QED) is 0.266. The molecule has 0 radical (unpaired) electrons. The van der Waals surface area contributed by atoms with Crippen LogP contribution in [0.4, 0.5) is 0 Å². The lowest BCUT2D eigenvalue weighted by Gasteiger charge is -2.13. The van der Waals surface area contributed by atoms with Gasteiger partial charge in [-0.1, -0.05) is 11.6 Å². The zero-order chi connectivity index (χ0) is 23.8. The van der Waals surface area contributed by atoms with Crippen LogP contribution in [0.15, 0.2) is 45.9 Å². The Kier molecular flexibility index (Phi) is 8.15. The Labute approximate surface area is 195 Å². The van der Waals surface area contributed by atoms with Gasteiger partial charge >= 0.3 is 11.9 Å². The summed E-state index contributed by atoms with van der Waals surface area (Å²) in [6, 6.07) is 10.1. The number of esters is 1. The van der Waals surface area contributed by atoms with E-state index in [9.17, 15) is 9.59 Å². The molecule has 10 heteroatoms. The fourth-order valence-corrected chi connectivity index (χ4v) is 3.14. The zero-order valence-corrected chi connectivity index (χ0v) is 19.1. The van der Waals surface area contributed by atoms with E-state index in [2.05, 4.69) is 15.3 Å². The maximum atomic E-state index is 12.4. The molecular weight excluding hydrogens is 452 g/mol. The van der Waals surface area contributed by atoms with Crippen LogP contribution in [0, 0.1) is 0 Å². The molecule has 3 aromatic rings. The van der Waals surface area contributed by atoms with Crippen LogP contribution in [-0.2, 0) is 9.53 Å². The van der Waals surface area contributed by atoms with E-state index in [0.717, 1.165) is 5.39 Å². The van der Waals surface area contributed by atoms with Crippen molar-refractivity contribution in [3.63, 3.8) is 0 Å². The number of methoxy groups -OCH3 is 1. The van der Waals surface area contributed by atoms with E-state index in [1.165, 1.54) is 13.3 Å². The highest BCUT2D eigenvalue weighted by Crippen LogP contribution is 2.36. The normalized spacial score (nSPS) is 10.9. The number of fused-ring (bicyclic) bond motifs is 1. The average molecular weight is 475 g/mol. The lowest BCUT2D eigenvalue weighted by atomic mass is 10.2. The summed E-state index contributed by atoms with van der Waals surface area (Å²) in [5, 5.41) is 4.91. The van der Waals surface area contributed by atoms with Gasteiger partial charge in [0.05, 0.1) is 31.6 Å². The molecule has 1 aromatic heterocycles. The molecule has 0 bridgehead atoms. The van der Waals surface area contributed by atoms with Gasteiger partial charge in [-0.15, -0.1) is 0 Å². The van der Waals surface area contributed by atoms with Crippen LogP contribution >= 0.6 is 11.6 Å². The first-order valence-electron chi connectivity index (χ1n) is 10.1. The number of amides is 1. The van der Waals surface area contributed by atoms with Crippen molar-refractivity contribution < 1.29 is 33.0 Å². The van der Waals surface area contributed by atoms with Gasteiger partial charge in [0.25, 0.3) is 0 Å². The molecule has 0 spiro atoms. The summed E-state index contributed by atoms with van der Waals surface area (Å²) < 4.78 is 26.5. The number of benzene rings is 2. The maximum Gasteiger partial charge on any atom is 0.343 e. The molecule has 174 valence electrons. The fraction of sp³-hybridized carbons (Fsp3) is 0.261. The summed E-state index contributed by atoms with van der Waals surface area (Å²) in [6.07, 6.45) is 1.40. The SMILES string of the molecule is CCOc1ccc2oc(C(=O)N/N=C/c3cc(Cl)c(OCC(=O)OC)c(OCC)c3)cc2c1. The minimum Gasteiger partial charge on any atom is -0.494 e. The molecule has 33 heavy (non-hydrogen) atoms. The number of carbonyl (C=O) groups is 2. The second kappa shape index (κ2) is 11.2. The van der Waals surface area contributed by atoms with Crippen molar-refractivity contribution >= 4 is 40.7 Å². The van der Waals surface area contributed by atoms with Gasteiger partial charge in [0, 0.05) is 5.39 Å². The molecule has 3 rings (SSSR count). The van der Waals surface area contributed by atoms with Gasteiger partial charge in [0.2, 0.25) is 0 Å². The Bertz CT molecular complexity index is 1170. The van der Waals surface area contributed by atoms with E-state index in [1.807, 2.05) is 6.92 Å². The van der Waals surface area contributed by atoms with E-state index in [1.54, 1.807) is 43.3 Å². The van der Waals surface area contributed by atoms with Gasteiger partial charge in [-0.05, 0) is 55.8 Å². The Hall–Kier alpha value is -3.72. The number of ether oxygens (including phenoxy) is 4. The zero-order valence-electron chi connectivity index (χ0n) is 18.3. The first-order chi connectivity index (χ1) is 15.9. The van der Waals surface area contributed by atoms with Crippen molar-refractivity contribution in [2.45, 2.75) is 13.8 Å². The third-order valence-electron chi connectivity index (χ3n) is 4.30. The summed E-state index contributed by atoms with van der Waals surface area (Å²) >= 11 is 6.28. The molecule has 0 aliphatic heterocycles. The second-order valence-electron chi connectivity index (χ2n) is 6.57. The van der Waals surface area contributed by atoms with E-state index in [0.29, 0.717) is 35.9 Å². The monoisotopic (exact) mass is 474 g/mol. The number of hydrogen-bond acceptors (Lipinski definition) is 8. The molecule has 0 aliphatic rings. The van der Waals surface area contributed by atoms with Gasteiger partial charge in [-0.2, -0.15) is 5.10 Å². The van der Waals surface area contributed by atoms with Gasteiger partial charge in [-0.25, -0.2) is 10.2 Å². The average Bonchev–Trinajstić information content (AvgIpc) is 3.22. The fourth-order valence-electron chi connectivity index (χ4n) is 2.87. The first-order valence-corrected chi connectivity index (χ1v) is 10.5. The van der Waals surface area contributed by atoms with E-state index in [-0.39, 0.29) is 23.1 Å². The van der Waals surface area contributed by atoms with Gasteiger partial charge < -0.3 is 23.4 Å². The van der Waals surface area contributed by atoms with E-state index < -0.39 is 11.9 Å². The number of carbonyl (C=O) groups excluding carboxylic acids is 2. The van der Waals surface area contributed by atoms with Crippen LogP contribution in [-0.4, -0.2) is 45.0 Å². The minimum atomic E-state index is -0.554. The largest absolute Gasteiger partial charge is 0.494 e. The highest BCUT2D eigenvalue weighted by atomic mass is 35.5. The summed E-state index contributed by atoms with van der Waals surface area (Å²) in [6.45, 7) is 4.26. The third-order valence-corrected chi connectivity index (χ3v) is 4.58. The molecule has 0 aliphatic carbocycles. The number of nitrogens with zero attached hydrogens (tertiary/aromatic N) is 1. The van der Waals surface area contributed by atoms with Gasteiger partial charge in [0.1, 0.15) is 11.3 Å². The van der Waals surface area contributed by atoms with Crippen LogP contribution in [0.2, 0.25) is 5.02 Å². The van der Waals surface area contributed by atoms with Crippen LogP contribution in [0.1, 0.15) is 30.0 Å². The number of rotatable bonds is 10. The van der Waals surface area contributed by atoms with Crippen molar-refractivity contribution in [1.29, 1.82) is 0 Å². The lowest BCUT2D eigenvalue weighted by molar-refractivity contribution is -0.142. The Morgan fingerprint density at radius 1 is 1.09 bits per heavy atom. The molecule has 0 saturated heterocycles. The lowest BCUT2D eigenvalue weighted by Crippen LogP contribution is -2.16. The highest BCUT2D eigenvalue weighted by molar-refractivity contribution is 6.32. The summed E-state index contributed by atoms with van der Waals surface area (Å²) in [4.78, 5) is 23.8. The molecule has 0 saturated carbocycles. The summed E-state index contributed by atoms with van der Waals surface area (Å²) in [5.74, 6) is 0.256. The number of hydrogen-bond donors (Lipinski definition) is 1. The molecule has 1 heterocycles. The van der Waals surface area contributed by atoms with Crippen molar-refractivity contribution in [2.24, 2.45) is 5.10 Å². The highest BCUT2D eigenvalue weighted by Gasteiger charge is 2.15. The van der Waals surface area contributed by atoms with Crippen molar-refractivity contribution in [3.8, 4) is 17.2 Å². The topological polar surface area (TPSA) is 109 Å². The van der Waals surface area contributed by atoms with Crippen molar-refractivity contribution in [2.75, 3.05) is 26.9 Å². The minimum absolute atomic E-state index is 0.107. The van der Waals surface area contributed by atoms with Crippen LogP contribution in [0.5, 0.6) is 17.2 Å². The molecule has 1 N–H and O–H groups in total. The maximum absolute atomic E-state index is 12.4. The molecule has 0 atom stereocenters. The van der Waals surface area contributed by atoms with Crippen LogP contribution in [0.3, 0.4) is 0 Å². The number of furan rings is 1. The molecule has 2 aromatic carbocycles. The molecule has 0 unspecified atom stereocenters. The smallest absolute Gasteiger partial charge is 0.343 e. The van der Waals surface area contributed by atoms with E-state index in [4.69, 9.17) is 30.2 Å². The first kappa shape index (κ1) is 23.9. The Morgan fingerprint density at radius 3 is 2.61 bits per heavy atom. The molecule has 0 fully saturated rings. The molecular formula is C23H23ClN2O7. The van der Waals surface area contributed by atoms with Crippen molar-refractivity contribution in [3.05, 3.63) is 52.7 Å². The standard InChI is InChI=1S/C23H23ClN2O7/c1-4-30-16-6-7-18-15(10-16)11-20(33-18)23(28)26-25-12-14-8-17(24)22(19(9-14)31-5-2)32-13-21(27)29-3/h6-12H,4-5,13H2,1-3H3,(H,26,28)/b25-12+. The Morgan fingerprint density at radius 2 is 1.88 bits per heavy atom. The number of nitrogens with one attached hydrogen (secondary N) is 1. The van der Waals surface area contributed by atoms with Crippen molar-refractivity contribution in [1.82, 2.24) is 5.43 Å². The Balaban J connectivity index is 1.71. The van der Waals surface area contributed by atoms with Gasteiger partial charge in [0.15, 0.2) is 23.9 Å². The number of halogens is 1. The predicted octanol–water partition coefficient (Wildman–Crippen LogP) is 4.20. The predicted molar refractivity (Wildman–Crippen MR) is 123 cm³/mol. The molecule has 9 nitrogen and oxygen atoms in total. The van der Waals surface area contributed by atoms with Gasteiger partial charge in [-0.3, -0.25) is 4.79 Å². The number of hydrazone groups is 1. The second-order valence-corrected chi connectivity index (χ2v) is 6.98. The summed E-state index contributed by atoms with van der Waals surface area (Å²) in [7, 11) is 1.26.